The van der Waals surface area contributed by atoms with E-state index in [0.717, 1.165) is 64.2 Å². The molecule has 0 aliphatic rings. The van der Waals surface area contributed by atoms with Gasteiger partial charge in [0.25, 0.3) is 0 Å². The maximum absolute atomic E-state index is 12.9. The minimum atomic E-state index is -0.807. The van der Waals surface area contributed by atoms with Crippen molar-refractivity contribution in [3.05, 3.63) is 72.9 Å². The Morgan fingerprint density at radius 3 is 0.957 bits per heavy atom. The molecule has 0 amide bonds. The van der Waals surface area contributed by atoms with Gasteiger partial charge in [-0.1, -0.05) is 254 Å². The number of hydrogen-bond acceptors (Lipinski definition) is 6. The van der Waals surface area contributed by atoms with Gasteiger partial charge in [0.1, 0.15) is 13.2 Å². The highest BCUT2D eigenvalue weighted by molar-refractivity contribution is 5.71. The van der Waals surface area contributed by atoms with E-state index in [1.807, 2.05) is 6.08 Å². The molecule has 0 aromatic rings. The first-order valence-corrected chi connectivity index (χ1v) is 29.9. The van der Waals surface area contributed by atoms with Crippen LogP contribution in [0.1, 0.15) is 297 Å². The van der Waals surface area contributed by atoms with Crippen LogP contribution in [-0.4, -0.2) is 37.2 Å². The minimum absolute atomic E-state index is 0.0991. The second-order valence-electron chi connectivity index (χ2n) is 19.9. The monoisotopic (exact) mass is 977 g/mol. The number of unbranched alkanes of at least 4 members (excludes halogenated alkanes) is 31. The van der Waals surface area contributed by atoms with E-state index in [0.29, 0.717) is 19.3 Å². The summed E-state index contributed by atoms with van der Waals surface area (Å²) in [7, 11) is 0. The molecular weight excluding hydrogens is 865 g/mol. The van der Waals surface area contributed by atoms with Crippen LogP contribution in [0.3, 0.4) is 0 Å². The topological polar surface area (TPSA) is 78.9 Å². The Bertz CT molecular complexity index is 1310. The number of esters is 3. The van der Waals surface area contributed by atoms with Gasteiger partial charge in [0.05, 0.1) is 0 Å². The number of hydrogen-bond donors (Lipinski definition) is 0. The highest BCUT2D eigenvalue weighted by atomic mass is 16.6. The lowest BCUT2D eigenvalue weighted by Gasteiger charge is -2.18. The highest BCUT2D eigenvalue weighted by Crippen LogP contribution is 2.16. The number of rotatable bonds is 54. The van der Waals surface area contributed by atoms with E-state index in [1.165, 1.54) is 186 Å². The van der Waals surface area contributed by atoms with Gasteiger partial charge in [-0.05, 0) is 96.3 Å². The minimum Gasteiger partial charge on any atom is -0.462 e. The SMILES string of the molecule is CC/C=C\C/C=C\C/C=C\C/C=C\CCC(=O)OCC(COC(=O)CCCCCCCCCCC/C=C\CCCCCCCCCC)OC(=O)CCCCCCCCC/C=C\CCCCCCCCC. The van der Waals surface area contributed by atoms with Crippen LogP contribution in [0, 0.1) is 0 Å². The van der Waals surface area contributed by atoms with Gasteiger partial charge in [-0.3, -0.25) is 14.4 Å². The smallest absolute Gasteiger partial charge is 0.306 e. The Kier molecular flexibility index (Phi) is 55.8. The largest absolute Gasteiger partial charge is 0.462 e. The Balaban J connectivity index is 4.38. The van der Waals surface area contributed by atoms with Crippen LogP contribution in [0.2, 0.25) is 0 Å². The van der Waals surface area contributed by atoms with Crippen LogP contribution in [0.5, 0.6) is 0 Å². The normalized spacial score (nSPS) is 12.6. The number of ether oxygens (including phenoxy) is 3. The summed E-state index contributed by atoms with van der Waals surface area (Å²) in [6.45, 7) is 6.48. The molecule has 0 aliphatic carbocycles. The predicted molar refractivity (Wildman–Crippen MR) is 302 cm³/mol. The van der Waals surface area contributed by atoms with Crippen molar-refractivity contribution in [3.8, 4) is 0 Å². The molecule has 0 radical (unpaired) electrons. The molecule has 0 N–H and O–H groups in total. The van der Waals surface area contributed by atoms with Gasteiger partial charge in [0.2, 0.25) is 0 Å². The second-order valence-corrected chi connectivity index (χ2v) is 19.9. The van der Waals surface area contributed by atoms with E-state index in [2.05, 4.69) is 87.6 Å². The van der Waals surface area contributed by atoms with Crippen LogP contribution in [0.4, 0.5) is 0 Å². The molecule has 0 aromatic carbocycles. The summed E-state index contributed by atoms with van der Waals surface area (Å²) < 4.78 is 16.8. The molecule has 404 valence electrons. The van der Waals surface area contributed by atoms with Crippen molar-refractivity contribution < 1.29 is 28.6 Å². The summed E-state index contributed by atoms with van der Waals surface area (Å²) in [5.41, 5.74) is 0. The van der Waals surface area contributed by atoms with Crippen molar-refractivity contribution in [2.75, 3.05) is 13.2 Å². The fraction of sp³-hybridized carbons (Fsp3) is 0.766. The van der Waals surface area contributed by atoms with Crippen LogP contribution in [-0.2, 0) is 28.6 Å². The third-order valence-corrected chi connectivity index (χ3v) is 12.9. The third-order valence-electron chi connectivity index (χ3n) is 12.9. The molecule has 0 fully saturated rings. The van der Waals surface area contributed by atoms with Gasteiger partial charge in [-0.15, -0.1) is 0 Å². The van der Waals surface area contributed by atoms with E-state index in [1.54, 1.807) is 0 Å². The molecule has 0 saturated heterocycles. The Hall–Kier alpha value is -3.15. The number of carbonyl (C=O) groups is 3. The zero-order chi connectivity index (χ0) is 50.7. The highest BCUT2D eigenvalue weighted by Gasteiger charge is 2.19. The van der Waals surface area contributed by atoms with Crippen molar-refractivity contribution in [2.24, 2.45) is 0 Å². The van der Waals surface area contributed by atoms with E-state index < -0.39 is 6.10 Å². The molecule has 6 nitrogen and oxygen atoms in total. The predicted octanol–water partition coefficient (Wildman–Crippen LogP) is 20.2. The molecule has 0 spiro atoms. The number of carbonyl (C=O) groups excluding carboxylic acids is 3. The maximum Gasteiger partial charge on any atom is 0.306 e. The van der Waals surface area contributed by atoms with Gasteiger partial charge in [0.15, 0.2) is 6.10 Å². The van der Waals surface area contributed by atoms with Gasteiger partial charge in [-0.25, -0.2) is 0 Å². The molecule has 6 heteroatoms. The molecule has 0 bridgehead atoms. The number of allylic oxidation sites excluding steroid dienone is 12. The average molecular weight is 978 g/mol. The third kappa shape index (κ3) is 55.8. The molecule has 0 aliphatic heterocycles. The zero-order valence-electron chi connectivity index (χ0n) is 46.3. The lowest BCUT2D eigenvalue weighted by atomic mass is 10.1. The van der Waals surface area contributed by atoms with Crippen LogP contribution in [0.15, 0.2) is 72.9 Å². The molecule has 1 unspecified atom stereocenters. The standard InChI is InChI=1S/C64H112O6/c1-4-7-10-13-16-19-22-25-27-29-31-32-33-35-36-39-42-45-48-51-54-57-63(66)69-60-61(59-68-62(65)56-53-50-47-44-41-38-24-21-18-15-12-9-6-3)70-64(67)58-55-52-49-46-43-40-37-34-30-28-26-23-20-17-14-11-8-5-2/h9,12,18,21,28-31,38,41,47,50,61H,4-8,10-11,13-17,19-20,22-27,32-37,39-40,42-46,48-49,51-60H2,1-3H3/b12-9-,21-18-,30-28-,31-29-,41-38-,50-47-. The Morgan fingerprint density at radius 1 is 0.300 bits per heavy atom. The first-order chi connectivity index (χ1) is 34.5. The van der Waals surface area contributed by atoms with Crippen molar-refractivity contribution in [2.45, 2.75) is 303 Å². The molecule has 0 heterocycles. The summed E-state index contributed by atoms with van der Waals surface area (Å²) >= 11 is 0. The molecule has 0 aromatic heterocycles. The maximum atomic E-state index is 12.9. The molecule has 70 heavy (non-hydrogen) atoms. The van der Waals surface area contributed by atoms with Crippen molar-refractivity contribution in [3.63, 3.8) is 0 Å². The second kappa shape index (κ2) is 58.4. The summed E-state index contributed by atoms with van der Waals surface area (Å²) in [6.07, 6.45) is 74.9. The van der Waals surface area contributed by atoms with E-state index in [4.69, 9.17) is 14.2 Å². The van der Waals surface area contributed by atoms with Gasteiger partial charge in [-0.2, -0.15) is 0 Å². The van der Waals surface area contributed by atoms with Gasteiger partial charge < -0.3 is 14.2 Å². The van der Waals surface area contributed by atoms with Gasteiger partial charge in [0, 0.05) is 19.3 Å². The van der Waals surface area contributed by atoms with Gasteiger partial charge >= 0.3 is 17.9 Å². The van der Waals surface area contributed by atoms with Crippen molar-refractivity contribution in [1.29, 1.82) is 0 Å². The first-order valence-electron chi connectivity index (χ1n) is 29.9. The summed E-state index contributed by atoms with van der Waals surface area (Å²) in [5.74, 6) is -0.981. The molecular formula is C64H112O6. The molecule has 0 rings (SSSR count). The lowest BCUT2D eigenvalue weighted by Crippen LogP contribution is -2.30. The van der Waals surface area contributed by atoms with Crippen molar-refractivity contribution >= 4 is 17.9 Å². The molecule has 1 atom stereocenters. The first kappa shape index (κ1) is 66.9. The average Bonchev–Trinajstić information content (AvgIpc) is 3.36. The van der Waals surface area contributed by atoms with Crippen LogP contribution in [0.25, 0.3) is 0 Å². The quantitative estimate of drug-likeness (QED) is 0.0261. The summed E-state index contributed by atoms with van der Waals surface area (Å²) in [4.78, 5) is 38.1. The summed E-state index contributed by atoms with van der Waals surface area (Å²) in [5, 5.41) is 0. The Morgan fingerprint density at radius 2 is 0.586 bits per heavy atom. The van der Waals surface area contributed by atoms with E-state index >= 15 is 0 Å². The molecule has 0 saturated carbocycles. The summed E-state index contributed by atoms with van der Waals surface area (Å²) in [6, 6.07) is 0. The van der Waals surface area contributed by atoms with E-state index in [-0.39, 0.29) is 37.5 Å². The fourth-order valence-corrected chi connectivity index (χ4v) is 8.45. The van der Waals surface area contributed by atoms with Crippen LogP contribution < -0.4 is 0 Å². The zero-order valence-corrected chi connectivity index (χ0v) is 46.3. The Labute approximate surface area is 433 Å². The van der Waals surface area contributed by atoms with E-state index in [9.17, 15) is 14.4 Å². The van der Waals surface area contributed by atoms with Crippen LogP contribution >= 0.6 is 0 Å². The fourth-order valence-electron chi connectivity index (χ4n) is 8.45. The van der Waals surface area contributed by atoms with Crippen molar-refractivity contribution in [1.82, 2.24) is 0 Å². The lowest BCUT2D eigenvalue weighted by molar-refractivity contribution is -0.166.